The van der Waals surface area contributed by atoms with Crippen LogP contribution in [0.2, 0.25) is 0 Å². The van der Waals surface area contributed by atoms with E-state index in [-0.39, 0.29) is 47.9 Å². The summed E-state index contributed by atoms with van der Waals surface area (Å²) in [6.07, 6.45) is 3.21. The predicted molar refractivity (Wildman–Crippen MR) is 63.6 cm³/mol. The summed E-state index contributed by atoms with van der Waals surface area (Å²) in [5, 5.41) is 9.25. The summed E-state index contributed by atoms with van der Waals surface area (Å²) in [5.41, 5.74) is -0.526. The van der Waals surface area contributed by atoms with Crippen molar-refractivity contribution in [2.24, 2.45) is 0 Å². The smallest absolute Gasteiger partial charge is 1.00 e. The van der Waals surface area contributed by atoms with Crippen LogP contribution in [0.25, 0.3) is 0 Å². The van der Waals surface area contributed by atoms with Gasteiger partial charge in [0.15, 0.2) is 0 Å². The molecule has 5 heteroatoms. The molecule has 96 valence electrons. The van der Waals surface area contributed by atoms with Crippen LogP contribution >= 0.6 is 0 Å². The third kappa shape index (κ3) is 29.4. The Morgan fingerprint density at radius 2 is 1.56 bits per heavy atom. The average Bonchev–Trinajstić information content (AvgIpc) is 2.07. The first-order valence-electron chi connectivity index (χ1n) is 4.95. The monoisotopic (exact) mass is 282 g/mol. The first-order chi connectivity index (χ1) is 6.04. The maximum atomic E-state index is 9.25. The Hall–Kier alpha value is 1.01. The number of hydrogen-bond donors (Lipinski definition) is 1. The number of rotatable bonds is 5. The van der Waals surface area contributed by atoms with Gasteiger partial charge in [-0.15, -0.1) is 6.58 Å². The van der Waals surface area contributed by atoms with Crippen LogP contribution in [0.5, 0.6) is 0 Å². The Kier molecular flexibility index (Phi) is 40.3. The van der Waals surface area contributed by atoms with E-state index in [9.17, 15) is 5.11 Å². The average molecular weight is 284 g/mol. The first kappa shape index (κ1) is 30.2. The molecule has 1 N–H and O–H groups in total. The van der Waals surface area contributed by atoms with Crippen molar-refractivity contribution in [3.05, 3.63) is 12.7 Å². The second kappa shape index (κ2) is 21.3. The van der Waals surface area contributed by atoms with Gasteiger partial charge in [0.1, 0.15) is 0 Å². The molecule has 0 amide bonds. The van der Waals surface area contributed by atoms with Gasteiger partial charge in [0.05, 0.1) is 5.60 Å². The molecular weight excluding hydrogens is 259 g/mol. The molecule has 0 aliphatic heterocycles. The minimum atomic E-state index is -0.526. The maximum Gasteiger partial charge on any atom is 2.00 e. The molecule has 0 radical (unpaired) electrons. The van der Waals surface area contributed by atoms with E-state index in [0.717, 1.165) is 19.6 Å². The third-order valence-electron chi connectivity index (χ3n) is 1.75. The van der Waals surface area contributed by atoms with E-state index in [1.807, 2.05) is 27.7 Å². The van der Waals surface area contributed by atoms with Crippen molar-refractivity contribution >= 4 is 23.1 Å². The van der Waals surface area contributed by atoms with E-state index in [0.29, 0.717) is 6.42 Å². The fourth-order valence-corrected chi connectivity index (χ4v) is 0.659. The van der Waals surface area contributed by atoms with Crippen LogP contribution in [-0.4, -0.2) is 47.0 Å². The molecule has 0 saturated carbocycles. The molecule has 0 bridgehead atoms. The predicted octanol–water partition coefficient (Wildman–Crippen LogP) is -3.61. The van der Waals surface area contributed by atoms with Crippen molar-refractivity contribution in [1.82, 2.24) is 0 Å². The topological polar surface area (TPSA) is 29.5 Å². The van der Waals surface area contributed by atoms with E-state index < -0.39 is 5.60 Å². The Bertz CT molecular complexity index is 121. The fourth-order valence-electron chi connectivity index (χ4n) is 0.659. The summed E-state index contributed by atoms with van der Waals surface area (Å²) in [4.78, 5) is 0. The molecule has 0 spiro atoms. The summed E-state index contributed by atoms with van der Waals surface area (Å²) < 4.78 is 4.83. The van der Waals surface area contributed by atoms with Crippen LogP contribution in [0.15, 0.2) is 12.7 Å². The SMILES string of the molecule is C=CCC(C)(O)CC.CCOCC.[Cl-].[Cl-].[Mg+2]. The van der Waals surface area contributed by atoms with Gasteiger partial charge >= 0.3 is 23.1 Å². The van der Waals surface area contributed by atoms with Crippen molar-refractivity contribution in [2.45, 2.75) is 46.1 Å². The van der Waals surface area contributed by atoms with Crippen molar-refractivity contribution in [3.8, 4) is 0 Å². The van der Waals surface area contributed by atoms with Gasteiger partial charge in [-0.2, -0.15) is 0 Å². The minimum absolute atomic E-state index is 0. The molecule has 0 aliphatic rings. The van der Waals surface area contributed by atoms with Crippen molar-refractivity contribution in [1.29, 1.82) is 0 Å². The van der Waals surface area contributed by atoms with Crippen molar-refractivity contribution in [3.63, 3.8) is 0 Å². The molecule has 0 aromatic carbocycles. The van der Waals surface area contributed by atoms with Crippen LogP contribution in [0.4, 0.5) is 0 Å². The molecule has 0 fully saturated rings. The molecule has 1 unspecified atom stereocenters. The molecule has 0 aromatic heterocycles. The van der Waals surface area contributed by atoms with Gasteiger partial charge in [0.25, 0.3) is 0 Å². The Balaban J connectivity index is -0.0000000454. The fraction of sp³-hybridized carbons (Fsp3) is 0.818. The zero-order chi connectivity index (χ0) is 10.7. The molecule has 0 aromatic rings. The van der Waals surface area contributed by atoms with Gasteiger partial charge in [0.2, 0.25) is 0 Å². The minimum Gasteiger partial charge on any atom is -1.00 e. The third-order valence-corrected chi connectivity index (χ3v) is 1.75. The largest absolute Gasteiger partial charge is 2.00 e. The van der Waals surface area contributed by atoms with E-state index in [4.69, 9.17) is 4.74 Å². The van der Waals surface area contributed by atoms with Gasteiger partial charge in [-0.1, -0.05) is 13.0 Å². The zero-order valence-electron chi connectivity index (χ0n) is 10.9. The van der Waals surface area contributed by atoms with Crippen LogP contribution in [-0.2, 0) is 4.74 Å². The van der Waals surface area contributed by atoms with E-state index >= 15 is 0 Å². The molecule has 0 heterocycles. The standard InChI is InChI=1S/C7H14O.C4H10O.2ClH.Mg/c1-4-6-7(3,8)5-2;1-3-5-4-2;;;/h4,8H,1,5-6H2,2-3H3;3-4H2,1-2H3;2*1H;/q;;;;+2/p-2. The van der Waals surface area contributed by atoms with Crippen LogP contribution in [0.3, 0.4) is 0 Å². The van der Waals surface area contributed by atoms with E-state index in [1.54, 1.807) is 6.08 Å². The van der Waals surface area contributed by atoms with E-state index in [1.165, 1.54) is 0 Å². The molecular formula is C11H24Cl2MgO2. The van der Waals surface area contributed by atoms with Gasteiger partial charge in [-0.05, 0) is 33.6 Å². The molecule has 0 aliphatic carbocycles. The summed E-state index contributed by atoms with van der Waals surface area (Å²) in [6.45, 7) is 13.0. The Labute approximate surface area is 129 Å². The van der Waals surface area contributed by atoms with E-state index in [2.05, 4.69) is 6.58 Å². The molecule has 2 nitrogen and oxygen atoms in total. The number of aliphatic hydroxyl groups is 1. The molecule has 16 heavy (non-hydrogen) atoms. The number of halogens is 2. The molecule has 0 rings (SSSR count). The summed E-state index contributed by atoms with van der Waals surface area (Å²) >= 11 is 0. The van der Waals surface area contributed by atoms with Crippen molar-refractivity contribution < 1.29 is 34.7 Å². The summed E-state index contributed by atoms with van der Waals surface area (Å²) in [7, 11) is 0. The van der Waals surface area contributed by atoms with Crippen molar-refractivity contribution in [2.75, 3.05) is 13.2 Å². The molecule has 1 atom stereocenters. The first-order valence-corrected chi connectivity index (χ1v) is 4.95. The Morgan fingerprint density at radius 1 is 1.19 bits per heavy atom. The second-order valence-electron chi connectivity index (χ2n) is 3.12. The normalized spacial score (nSPS) is 11.3. The molecule has 0 saturated heterocycles. The summed E-state index contributed by atoms with van der Waals surface area (Å²) in [6, 6.07) is 0. The maximum absolute atomic E-state index is 9.25. The summed E-state index contributed by atoms with van der Waals surface area (Å²) in [5.74, 6) is 0. The van der Waals surface area contributed by atoms with Gasteiger partial charge < -0.3 is 34.7 Å². The van der Waals surface area contributed by atoms with Gasteiger partial charge in [-0.3, -0.25) is 0 Å². The quantitative estimate of drug-likeness (QED) is 0.417. The van der Waals surface area contributed by atoms with Gasteiger partial charge in [0, 0.05) is 13.2 Å². The number of hydrogen-bond acceptors (Lipinski definition) is 2. The Morgan fingerprint density at radius 3 is 1.62 bits per heavy atom. The van der Waals surface area contributed by atoms with Crippen LogP contribution < -0.4 is 24.8 Å². The van der Waals surface area contributed by atoms with Crippen LogP contribution in [0.1, 0.15) is 40.5 Å². The number of ether oxygens (including phenoxy) is 1. The van der Waals surface area contributed by atoms with Crippen LogP contribution in [0, 0.1) is 0 Å². The van der Waals surface area contributed by atoms with Gasteiger partial charge in [-0.25, -0.2) is 0 Å². The zero-order valence-corrected chi connectivity index (χ0v) is 13.9. The second-order valence-corrected chi connectivity index (χ2v) is 3.12.